The molecule has 7 heavy (non-hydrogen) atoms. The van der Waals surface area contributed by atoms with Gasteiger partial charge in [-0.25, -0.2) is 0 Å². The topological polar surface area (TPSA) is 80.9 Å². The van der Waals surface area contributed by atoms with Crippen LogP contribution in [0.5, 0.6) is 0 Å². The smallest absolute Gasteiger partial charge is 0.368 e. The molecule has 0 saturated heterocycles. The van der Waals surface area contributed by atoms with Crippen molar-refractivity contribution in [2.45, 2.75) is 0 Å². The van der Waals surface area contributed by atoms with Gasteiger partial charge >= 0.3 is 54.2 Å². The SMILES string of the molecule is O[Si](O)(O)O.[C+4].[Ca+2]. The van der Waals surface area contributed by atoms with E-state index in [0.717, 1.165) is 0 Å². The van der Waals surface area contributed by atoms with Crippen molar-refractivity contribution in [1.82, 2.24) is 0 Å². The summed E-state index contributed by atoms with van der Waals surface area (Å²) in [5.41, 5.74) is 0. The summed E-state index contributed by atoms with van der Waals surface area (Å²) in [6.45, 7) is 0. The van der Waals surface area contributed by atoms with Gasteiger partial charge in [0.15, 0.2) is 0 Å². The molecule has 0 amide bonds. The summed E-state index contributed by atoms with van der Waals surface area (Å²) < 4.78 is 0. The predicted molar refractivity (Wildman–Crippen MR) is 23.6 cm³/mol. The van der Waals surface area contributed by atoms with Gasteiger partial charge in [0.05, 0.1) is 0 Å². The van der Waals surface area contributed by atoms with Gasteiger partial charge in [-0.15, -0.1) is 0 Å². The van der Waals surface area contributed by atoms with E-state index < -0.39 is 9.05 Å². The third kappa shape index (κ3) is 119. The summed E-state index contributed by atoms with van der Waals surface area (Å²) in [5.74, 6) is 0. The van der Waals surface area contributed by atoms with Crippen molar-refractivity contribution in [2.24, 2.45) is 0 Å². The van der Waals surface area contributed by atoms with Crippen LogP contribution in [0.2, 0.25) is 0 Å². The van der Waals surface area contributed by atoms with Crippen molar-refractivity contribution in [3.63, 3.8) is 0 Å². The molecule has 0 saturated carbocycles. The summed E-state index contributed by atoms with van der Waals surface area (Å²) in [5, 5.41) is 0. The second kappa shape index (κ2) is 5.45. The summed E-state index contributed by atoms with van der Waals surface area (Å²) in [6, 6.07) is 0. The van der Waals surface area contributed by atoms with Crippen LogP contribution in [0.4, 0.5) is 0 Å². The molecular weight excluding hydrogens is 144 g/mol. The van der Waals surface area contributed by atoms with Crippen LogP contribution in [0.1, 0.15) is 0 Å². The first-order valence-corrected chi connectivity index (χ1v) is 2.68. The molecule has 0 heterocycles. The van der Waals surface area contributed by atoms with Crippen LogP contribution in [0.25, 0.3) is 0 Å². The first-order valence-electron chi connectivity index (χ1n) is 0.894. The van der Waals surface area contributed by atoms with E-state index in [1.807, 2.05) is 0 Å². The standard InChI is InChI=1S/C.Ca.H4O4Si/c;;1-5(2,3)4/h;;1-4H/q+4;+2;. The third-order valence-corrected chi connectivity index (χ3v) is 0. The van der Waals surface area contributed by atoms with Crippen LogP contribution in [-0.4, -0.2) is 66.0 Å². The van der Waals surface area contributed by atoms with E-state index in [2.05, 4.69) is 0 Å². The molecule has 0 aromatic carbocycles. The first-order chi connectivity index (χ1) is 2.00. The fourth-order valence-corrected chi connectivity index (χ4v) is 0. The average Bonchev–Trinajstić information content (AvgIpc) is 0.722. The maximum Gasteiger partial charge on any atom is 4.00 e. The minimum atomic E-state index is -4.61. The Kier molecular flexibility index (Phi) is 12.3. The molecular formula is CH4CaO4Si+6. The van der Waals surface area contributed by atoms with Crippen molar-refractivity contribution in [3.05, 3.63) is 7.43 Å². The van der Waals surface area contributed by atoms with Crippen molar-refractivity contribution >= 4 is 46.8 Å². The Morgan fingerprint density at radius 3 is 0.857 bits per heavy atom. The molecule has 4 nitrogen and oxygen atoms in total. The molecule has 0 bridgehead atoms. The van der Waals surface area contributed by atoms with E-state index in [4.69, 9.17) is 19.2 Å². The van der Waals surface area contributed by atoms with Gasteiger partial charge in [-0.05, 0) is 0 Å². The Balaban J connectivity index is -0.0000000800. The number of rotatable bonds is 0. The van der Waals surface area contributed by atoms with Gasteiger partial charge in [0.2, 0.25) is 0 Å². The van der Waals surface area contributed by atoms with Gasteiger partial charge in [0.25, 0.3) is 0 Å². The molecule has 0 unspecified atom stereocenters. The molecule has 0 aliphatic heterocycles. The maximum absolute atomic E-state index is 7.33. The minimum Gasteiger partial charge on any atom is -0.368 e. The Morgan fingerprint density at radius 1 is 0.857 bits per heavy atom. The van der Waals surface area contributed by atoms with Crippen LogP contribution in [0.15, 0.2) is 0 Å². The van der Waals surface area contributed by atoms with Crippen LogP contribution < -0.4 is 0 Å². The third-order valence-electron chi connectivity index (χ3n) is 0. The van der Waals surface area contributed by atoms with Crippen LogP contribution in [0.3, 0.4) is 0 Å². The molecule has 0 fully saturated rings. The number of hydrogen-bond acceptors (Lipinski definition) is 4. The van der Waals surface area contributed by atoms with Crippen molar-refractivity contribution in [3.8, 4) is 0 Å². The van der Waals surface area contributed by atoms with E-state index in [0.29, 0.717) is 0 Å². The molecule has 0 aromatic rings. The van der Waals surface area contributed by atoms with Gasteiger partial charge in [0.1, 0.15) is 0 Å². The zero-order valence-electron chi connectivity index (χ0n) is 3.50. The van der Waals surface area contributed by atoms with E-state index in [1.54, 1.807) is 0 Å². The predicted octanol–water partition coefficient (Wildman–Crippen LogP) is -2.91. The molecule has 0 aromatic heterocycles. The van der Waals surface area contributed by atoms with Crippen molar-refractivity contribution in [1.29, 1.82) is 0 Å². The van der Waals surface area contributed by atoms with Crippen LogP contribution in [0, 0.1) is 7.43 Å². The second-order valence-corrected chi connectivity index (χ2v) is 1.80. The van der Waals surface area contributed by atoms with Gasteiger partial charge in [0, 0.05) is 0 Å². The van der Waals surface area contributed by atoms with E-state index >= 15 is 0 Å². The second-order valence-electron chi connectivity index (χ2n) is 0.600. The largest absolute Gasteiger partial charge is 4.00 e. The van der Waals surface area contributed by atoms with E-state index in [9.17, 15) is 0 Å². The van der Waals surface area contributed by atoms with E-state index in [-0.39, 0.29) is 45.2 Å². The van der Waals surface area contributed by atoms with Crippen LogP contribution in [-0.2, 0) is 0 Å². The Morgan fingerprint density at radius 2 is 0.857 bits per heavy atom. The monoisotopic (exact) mass is 148 g/mol. The van der Waals surface area contributed by atoms with Crippen LogP contribution >= 0.6 is 0 Å². The molecule has 0 aliphatic carbocycles. The number of hydrogen-bond donors (Lipinski definition) is 4. The minimum absolute atomic E-state index is 0. The zero-order chi connectivity index (χ0) is 4.50. The van der Waals surface area contributed by atoms with E-state index in [1.165, 1.54) is 0 Å². The maximum atomic E-state index is 7.33. The molecule has 0 aliphatic rings. The van der Waals surface area contributed by atoms with Gasteiger partial charge in [-0.1, -0.05) is 0 Å². The van der Waals surface area contributed by atoms with Gasteiger partial charge < -0.3 is 19.2 Å². The molecule has 0 radical (unpaired) electrons. The first kappa shape index (κ1) is 15.8. The fourth-order valence-electron chi connectivity index (χ4n) is 0. The average molecular weight is 148 g/mol. The molecule has 6 heteroatoms. The Hall–Kier alpha value is 1.32. The quantitative estimate of drug-likeness (QED) is 0.278. The molecule has 4 N–H and O–H groups in total. The molecule has 0 atom stereocenters. The normalized spacial score (nSPS) is 8.57. The summed E-state index contributed by atoms with van der Waals surface area (Å²) >= 11 is 0. The summed E-state index contributed by atoms with van der Waals surface area (Å²) in [4.78, 5) is 29.3. The van der Waals surface area contributed by atoms with Crippen molar-refractivity contribution < 1.29 is 19.2 Å². The molecule has 0 spiro atoms. The Labute approximate surface area is 72.9 Å². The fraction of sp³-hybridized carbons (Fsp3) is 0. The molecule has 0 rings (SSSR count). The van der Waals surface area contributed by atoms with Crippen molar-refractivity contribution in [2.75, 3.05) is 0 Å². The Bertz CT molecular complexity index is 27.2. The molecule has 32 valence electrons. The summed E-state index contributed by atoms with van der Waals surface area (Å²) in [7, 11) is -4.61. The zero-order valence-corrected chi connectivity index (χ0v) is 6.70. The van der Waals surface area contributed by atoms with Gasteiger partial charge in [-0.2, -0.15) is 0 Å². The van der Waals surface area contributed by atoms with Gasteiger partial charge in [-0.3, -0.25) is 0 Å². The summed E-state index contributed by atoms with van der Waals surface area (Å²) in [6.07, 6.45) is 0.